The zero-order valence-electron chi connectivity index (χ0n) is 17.9. The van der Waals surface area contributed by atoms with Crippen LogP contribution in [0.5, 0.6) is 0 Å². The fraction of sp³-hybridized carbons (Fsp3) is 0.364. The molecule has 2 amide bonds. The highest BCUT2D eigenvalue weighted by atomic mass is 32.2. The number of anilines is 2. The van der Waals surface area contributed by atoms with Crippen LogP contribution in [0.1, 0.15) is 35.3 Å². The van der Waals surface area contributed by atoms with E-state index in [1.807, 2.05) is 13.8 Å². The van der Waals surface area contributed by atoms with Crippen molar-refractivity contribution in [2.75, 3.05) is 36.9 Å². The van der Waals surface area contributed by atoms with Crippen LogP contribution in [0.4, 0.5) is 11.4 Å². The number of benzene rings is 2. The molecule has 1 saturated heterocycles. The van der Waals surface area contributed by atoms with Crippen LogP contribution in [0.15, 0.2) is 41.3 Å². The molecule has 1 aliphatic rings. The van der Waals surface area contributed by atoms with E-state index < -0.39 is 15.9 Å². The van der Waals surface area contributed by atoms with Crippen LogP contribution in [0.25, 0.3) is 0 Å². The molecule has 0 saturated carbocycles. The third-order valence-corrected chi connectivity index (χ3v) is 7.07. The summed E-state index contributed by atoms with van der Waals surface area (Å²) in [6, 6.07) is 9.90. The van der Waals surface area contributed by atoms with Crippen LogP contribution in [-0.2, 0) is 26.0 Å². The van der Waals surface area contributed by atoms with Gasteiger partial charge in [-0.15, -0.1) is 0 Å². The summed E-state index contributed by atoms with van der Waals surface area (Å²) in [6.07, 6.45) is 0.532. The lowest BCUT2D eigenvalue weighted by molar-refractivity contribution is -0.114. The maximum absolute atomic E-state index is 13.2. The Morgan fingerprint density at radius 2 is 1.77 bits per heavy atom. The topological polar surface area (TPSA) is 105 Å². The number of nitrogens with zero attached hydrogens (tertiary/aromatic N) is 1. The van der Waals surface area contributed by atoms with Gasteiger partial charge in [0, 0.05) is 37.0 Å². The van der Waals surface area contributed by atoms with Crippen LogP contribution in [-0.4, -0.2) is 50.8 Å². The van der Waals surface area contributed by atoms with Gasteiger partial charge in [0.25, 0.3) is 5.91 Å². The van der Waals surface area contributed by atoms with E-state index in [0.717, 1.165) is 5.56 Å². The van der Waals surface area contributed by atoms with Crippen molar-refractivity contribution in [2.24, 2.45) is 0 Å². The van der Waals surface area contributed by atoms with E-state index in [4.69, 9.17) is 4.74 Å². The number of rotatable bonds is 6. The number of ether oxygens (including phenoxy) is 1. The van der Waals surface area contributed by atoms with Crippen LogP contribution in [0.3, 0.4) is 0 Å². The molecule has 1 heterocycles. The molecule has 0 aliphatic carbocycles. The number of amides is 2. The highest BCUT2D eigenvalue weighted by Crippen LogP contribution is 2.25. The summed E-state index contributed by atoms with van der Waals surface area (Å²) in [7, 11) is -3.72. The van der Waals surface area contributed by atoms with Crippen LogP contribution >= 0.6 is 0 Å². The van der Waals surface area contributed by atoms with Crippen molar-refractivity contribution < 1.29 is 22.7 Å². The Morgan fingerprint density at radius 1 is 1.06 bits per heavy atom. The number of nitrogens with one attached hydrogen (secondary N) is 2. The normalized spacial score (nSPS) is 14.8. The van der Waals surface area contributed by atoms with Gasteiger partial charge in [0.2, 0.25) is 15.9 Å². The Morgan fingerprint density at radius 3 is 2.39 bits per heavy atom. The molecule has 0 bridgehead atoms. The number of morpholine rings is 1. The largest absolute Gasteiger partial charge is 0.379 e. The molecule has 9 heteroatoms. The summed E-state index contributed by atoms with van der Waals surface area (Å²) in [5.74, 6) is -0.585. The number of carbonyl (C=O) groups is 2. The zero-order chi connectivity index (χ0) is 22.6. The zero-order valence-corrected chi connectivity index (χ0v) is 18.7. The lowest BCUT2D eigenvalue weighted by Crippen LogP contribution is -2.41. The summed E-state index contributed by atoms with van der Waals surface area (Å²) in [5, 5.41) is 5.52. The number of carbonyl (C=O) groups excluding carboxylic acids is 2. The van der Waals surface area contributed by atoms with Gasteiger partial charge in [0.1, 0.15) is 0 Å². The van der Waals surface area contributed by atoms with E-state index in [1.165, 1.54) is 17.3 Å². The minimum Gasteiger partial charge on any atom is -0.379 e. The van der Waals surface area contributed by atoms with Crippen molar-refractivity contribution in [1.82, 2.24) is 4.31 Å². The Bertz CT molecular complexity index is 1090. The first-order valence-corrected chi connectivity index (χ1v) is 11.6. The standard InChI is InChI=1S/C22H27N3O5S/c1-4-17-5-6-18(14-21(17)31(28,29)25-9-11-30-12-10-25)22(27)24-19-7-8-20(15(2)13-19)23-16(3)26/h5-8,13-14H,4,9-12H2,1-3H3,(H,23,26)(H,24,27). The summed E-state index contributed by atoms with van der Waals surface area (Å²) in [5.41, 5.74) is 2.93. The maximum Gasteiger partial charge on any atom is 0.255 e. The fourth-order valence-corrected chi connectivity index (χ4v) is 5.16. The molecule has 2 aromatic rings. The van der Waals surface area contributed by atoms with Gasteiger partial charge >= 0.3 is 0 Å². The van der Waals surface area contributed by atoms with Crippen molar-refractivity contribution >= 4 is 33.2 Å². The van der Waals surface area contributed by atoms with Crippen molar-refractivity contribution in [1.29, 1.82) is 0 Å². The van der Waals surface area contributed by atoms with E-state index in [1.54, 1.807) is 30.3 Å². The first-order chi connectivity index (χ1) is 14.7. The lowest BCUT2D eigenvalue weighted by Gasteiger charge is -2.27. The molecule has 2 N–H and O–H groups in total. The van der Waals surface area contributed by atoms with Gasteiger partial charge in [-0.1, -0.05) is 13.0 Å². The second kappa shape index (κ2) is 9.59. The molecule has 3 rings (SSSR count). The van der Waals surface area contributed by atoms with Crippen molar-refractivity contribution in [3.8, 4) is 0 Å². The molecule has 0 spiro atoms. The van der Waals surface area contributed by atoms with Gasteiger partial charge in [-0.3, -0.25) is 9.59 Å². The minimum absolute atomic E-state index is 0.154. The van der Waals surface area contributed by atoms with E-state index >= 15 is 0 Å². The fourth-order valence-electron chi connectivity index (χ4n) is 3.43. The first kappa shape index (κ1) is 22.9. The maximum atomic E-state index is 13.2. The molecule has 166 valence electrons. The van der Waals surface area contributed by atoms with E-state index in [0.29, 0.717) is 49.7 Å². The first-order valence-electron chi connectivity index (χ1n) is 10.1. The molecule has 31 heavy (non-hydrogen) atoms. The Balaban J connectivity index is 1.86. The van der Waals surface area contributed by atoms with Crippen molar-refractivity contribution in [2.45, 2.75) is 32.1 Å². The number of aryl methyl sites for hydroxylation is 2. The average molecular weight is 446 g/mol. The summed E-state index contributed by atoms with van der Waals surface area (Å²) in [6.45, 7) is 6.43. The highest BCUT2D eigenvalue weighted by Gasteiger charge is 2.29. The lowest BCUT2D eigenvalue weighted by atomic mass is 10.1. The van der Waals surface area contributed by atoms with Crippen LogP contribution < -0.4 is 10.6 Å². The second-order valence-corrected chi connectivity index (χ2v) is 9.26. The van der Waals surface area contributed by atoms with Gasteiger partial charge in [-0.05, 0) is 54.8 Å². The molecular weight excluding hydrogens is 418 g/mol. The Kier molecular flexibility index (Phi) is 7.09. The summed E-state index contributed by atoms with van der Waals surface area (Å²) in [4.78, 5) is 24.2. The number of hydrogen-bond donors (Lipinski definition) is 2. The predicted molar refractivity (Wildman–Crippen MR) is 119 cm³/mol. The molecular formula is C22H27N3O5S. The third kappa shape index (κ3) is 5.30. The molecule has 1 fully saturated rings. The van der Waals surface area contributed by atoms with Gasteiger partial charge in [0.15, 0.2) is 0 Å². The molecule has 0 unspecified atom stereocenters. The molecule has 0 radical (unpaired) electrons. The van der Waals surface area contributed by atoms with E-state index in [2.05, 4.69) is 10.6 Å². The SMILES string of the molecule is CCc1ccc(C(=O)Nc2ccc(NC(C)=O)c(C)c2)cc1S(=O)(=O)N1CCOCC1. The predicted octanol–water partition coefficient (Wildman–Crippen LogP) is 2.79. The van der Waals surface area contributed by atoms with Gasteiger partial charge in [0.05, 0.1) is 18.1 Å². The monoisotopic (exact) mass is 445 g/mol. The molecule has 0 aromatic heterocycles. The van der Waals surface area contributed by atoms with Gasteiger partial charge < -0.3 is 15.4 Å². The summed E-state index contributed by atoms with van der Waals surface area (Å²) < 4.78 is 33.0. The van der Waals surface area contributed by atoms with E-state index in [9.17, 15) is 18.0 Å². The Hall–Kier alpha value is -2.75. The quantitative estimate of drug-likeness (QED) is 0.711. The van der Waals surface area contributed by atoms with Crippen LogP contribution in [0, 0.1) is 6.92 Å². The molecule has 8 nitrogen and oxygen atoms in total. The highest BCUT2D eigenvalue weighted by molar-refractivity contribution is 7.89. The third-order valence-electron chi connectivity index (χ3n) is 5.09. The second-order valence-electron chi connectivity index (χ2n) is 7.36. The smallest absolute Gasteiger partial charge is 0.255 e. The van der Waals surface area contributed by atoms with E-state index in [-0.39, 0.29) is 16.4 Å². The number of hydrogen-bond acceptors (Lipinski definition) is 5. The Labute approximate surface area is 182 Å². The molecule has 1 aliphatic heterocycles. The minimum atomic E-state index is -3.72. The molecule has 2 aromatic carbocycles. The number of sulfonamides is 1. The molecule has 0 atom stereocenters. The van der Waals surface area contributed by atoms with Gasteiger partial charge in [-0.25, -0.2) is 8.42 Å². The summed E-state index contributed by atoms with van der Waals surface area (Å²) >= 11 is 0. The van der Waals surface area contributed by atoms with Crippen molar-refractivity contribution in [3.05, 3.63) is 53.1 Å². The van der Waals surface area contributed by atoms with Gasteiger partial charge in [-0.2, -0.15) is 4.31 Å². The average Bonchev–Trinajstić information content (AvgIpc) is 2.75. The van der Waals surface area contributed by atoms with Crippen LogP contribution in [0.2, 0.25) is 0 Å². The van der Waals surface area contributed by atoms with Crippen molar-refractivity contribution in [3.63, 3.8) is 0 Å².